The van der Waals surface area contributed by atoms with Crippen LogP contribution in [-0.2, 0) is 10.3 Å². The highest BCUT2D eigenvalue weighted by Crippen LogP contribution is 2.32. The molecule has 1 fully saturated rings. The molecule has 1 aliphatic heterocycles. The number of morpholine rings is 1. The molecule has 5 nitrogen and oxygen atoms in total. The molecule has 1 unspecified atom stereocenters. The highest BCUT2D eigenvalue weighted by atomic mass is 16.6. The van der Waals surface area contributed by atoms with E-state index >= 15 is 0 Å². The van der Waals surface area contributed by atoms with Gasteiger partial charge in [-0.25, -0.2) is 0 Å². The van der Waals surface area contributed by atoms with Crippen LogP contribution in [0.15, 0.2) is 54.6 Å². The number of hydrogen-bond acceptors (Lipinski definition) is 4. The van der Waals surface area contributed by atoms with Crippen LogP contribution in [0.4, 0.5) is 11.4 Å². The fourth-order valence-corrected chi connectivity index (χ4v) is 2.84. The van der Waals surface area contributed by atoms with Crippen LogP contribution in [0.1, 0.15) is 12.5 Å². The normalized spacial score (nSPS) is 21.6. The monoisotopic (exact) mass is 298 g/mol. The van der Waals surface area contributed by atoms with Gasteiger partial charge in [0.15, 0.2) is 0 Å². The molecule has 0 aliphatic carbocycles. The van der Waals surface area contributed by atoms with E-state index in [9.17, 15) is 10.1 Å². The first-order valence-electron chi connectivity index (χ1n) is 7.27. The lowest BCUT2D eigenvalue weighted by molar-refractivity contribution is -0.384. The minimum Gasteiger partial charge on any atom is -0.367 e. The maximum absolute atomic E-state index is 10.7. The molecule has 1 heterocycles. The van der Waals surface area contributed by atoms with Crippen molar-refractivity contribution in [1.82, 2.24) is 0 Å². The summed E-state index contributed by atoms with van der Waals surface area (Å²) in [6, 6.07) is 16.8. The van der Waals surface area contributed by atoms with E-state index < -0.39 is 0 Å². The lowest BCUT2D eigenvalue weighted by Crippen LogP contribution is -2.48. The predicted molar refractivity (Wildman–Crippen MR) is 85.1 cm³/mol. The molecule has 3 rings (SSSR count). The molecule has 0 N–H and O–H groups in total. The molecule has 114 valence electrons. The SMILES string of the molecule is CC1(c2ccccc2)CN(c2ccc([N+](=O)[O-])cc2)CCO1. The lowest BCUT2D eigenvalue weighted by Gasteiger charge is -2.42. The average molecular weight is 298 g/mol. The Labute approximate surface area is 129 Å². The summed E-state index contributed by atoms with van der Waals surface area (Å²) in [6.07, 6.45) is 0. The van der Waals surface area contributed by atoms with E-state index in [0.717, 1.165) is 24.3 Å². The minimum atomic E-state index is -0.378. The van der Waals surface area contributed by atoms with Crippen molar-refractivity contribution in [2.75, 3.05) is 24.6 Å². The smallest absolute Gasteiger partial charge is 0.269 e. The second kappa shape index (κ2) is 5.77. The van der Waals surface area contributed by atoms with Gasteiger partial charge in [-0.1, -0.05) is 30.3 Å². The summed E-state index contributed by atoms with van der Waals surface area (Å²) in [5.74, 6) is 0. The standard InChI is InChI=1S/C17H18N2O3/c1-17(14-5-3-2-4-6-14)13-18(11-12-22-17)15-7-9-16(10-8-15)19(20)21/h2-10H,11-13H2,1H3. The zero-order chi connectivity index (χ0) is 15.6. The number of nitro benzene ring substituents is 1. The van der Waals surface area contributed by atoms with E-state index in [1.165, 1.54) is 0 Å². The first-order valence-corrected chi connectivity index (χ1v) is 7.27. The van der Waals surface area contributed by atoms with Crippen LogP contribution in [-0.4, -0.2) is 24.6 Å². The van der Waals surface area contributed by atoms with Gasteiger partial charge in [0.2, 0.25) is 0 Å². The third-order valence-electron chi connectivity index (χ3n) is 4.08. The highest BCUT2D eigenvalue weighted by Gasteiger charge is 2.33. The number of rotatable bonds is 3. The minimum absolute atomic E-state index is 0.114. The van der Waals surface area contributed by atoms with Gasteiger partial charge < -0.3 is 9.64 Å². The zero-order valence-electron chi connectivity index (χ0n) is 12.4. The van der Waals surface area contributed by atoms with Crippen LogP contribution in [0.25, 0.3) is 0 Å². The molecule has 0 bridgehead atoms. The van der Waals surface area contributed by atoms with Crippen LogP contribution < -0.4 is 4.90 Å². The lowest BCUT2D eigenvalue weighted by atomic mass is 9.93. The fourth-order valence-electron chi connectivity index (χ4n) is 2.84. The van der Waals surface area contributed by atoms with Crippen LogP contribution in [0.5, 0.6) is 0 Å². The van der Waals surface area contributed by atoms with Gasteiger partial charge in [-0.2, -0.15) is 0 Å². The van der Waals surface area contributed by atoms with Crippen molar-refractivity contribution in [1.29, 1.82) is 0 Å². The summed E-state index contributed by atoms with van der Waals surface area (Å²) < 4.78 is 6.02. The number of anilines is 1. The zero-order valence-corrected chi connectivity index (χ0v) is 12.4. The molecule has 2 aromatic carbocycles. The average Bonchev–Trinajstić information content (AvgIpc) is 2.56. The van der Waals surface area contributed by atoms with E-state index in [2.05, 4.69) is 24.0 Å². The third kappa shape index (κ3) is 2.80. The number of nitrogens with zero attached hydrogens (tertiary/aromatic N) is 2. The Hall–Kier alpha value is -2.40. The maximum Gasteiger partial charge on any atom is 0.269 e. The molecule has 5 heteroatoms. The Kier molecular flexibility index (Phi) is 3.81. The van der Waals surface area contributed by atoms with Gasteiger partial charge in [-0.3, -0.25) is 10.1 Å². The fraction of sp³-hybridized carbons (Fsp3) is 0.294. The van der Waals surface area contributed by atoms with E-state index in [1.807, 2.05) is 18.2 Å². The van der Waals surface area contributed by atoms with Crippen molar-refractivity contribution in [3.8, 4) is 0 Å². The van der Waals surface area contributed by atoms with Crippen LogP contribution >= 0.6 is 0 Å². The van der Waals surface area contributed by atoms with Gasteiger partial charge in [-0.05, 0) is 24.6 Å². The first-order chi connectivity index (χ1) is 10.6. The van der Waals surface area contributed by atoms with Gasteiger partial charge >= 0.3 is 0 Å². The maximum atomic E-state index is 10.7. The molecule has 1 atom stereocenters. The molecule has 0 saturated carbocycles. The first kappa shape index (κ1) is 14.5. The Balaban J connectivity index is 1.82. The summed E-state index contributed by atoms with van der Waals surface area (Å²) >= 11 is 0. The van der Waals surface area contributed by atoms with E-state index in [1.54, 1.807) is 24.3 Å². The van der Waals surface area contributed by atoms with Gasteiger partial charge in [0, 0.05) is 24.4 Å². The molecular weight excluding hydrogens is 280 g/mol. The Bertz CT molecular complexity index is 657. The van der Waals surface area contributed by atoms with Gasteiger partial charge in [0.25, 0.3) is 5.69 Å². The highest BCUT2D eigenvalue weighted by molar-refractivity contribution is 5.51. The number of hydrogen-bond donors (Lipinski definition) is 0. The van der Waals surface area contributed by atoms with Crippen molar-refractivity contribution in [3.05, 3.63) is 70.3 Å². The second-order valence-corrected chi connectivity index (χ2v) is 5.64. The van der Waals surface area contributed by atoms with Crippen molar-refractivity contribution in [2.45, 2.75) is 12.5 Å². The Morgan fingerprint density at radius 3 is 2.45 bits per heavy atom. The van der Waals surface area contributed by atoms with Crippen LogP contribution in [0, 0.1) is 10.1 Å². The van der Waals surface area contributed by atoms with Gasteiger partial charge in [-0.15, -0.1) is 0 Å². The molecule has 0 radical (unpaired) electrons. The molecule has 0 amide bonds. The Morgan fingerprint density at radius 1 is 1.14 bits per heavy atom. The third-order valence-corrected chi connectivity index (χ3v) is 4.08. The molecule has 1 aliphatic rings. The number of non-ortho nitro benzene ring substituents is 1. The number of nitro groups is 1. The summed E-state index contributed by atoms with van der Waals surface area (Å²) in [5.41, 5.74) is 1.86. The van der Waals surface area contributed by atoms with Crippen molar-refractivity contribution < 1.29 is 9.66 Å². The predicted octanol–water partition coefficient (Wildman–Crippen LogP) is 3.35. The van der Waals surface area contributed by atoms with E-state index in [4.69, 9.17) is 4.74 Å². The van der Waals surface area contributed by atoms with E-state index in [-0.39, 0.29) is 16.2 Å². The number of ether oxygens (including phenoxy) is 1. The molecule has 0 spiro atoms. The quantitative estimate of drug-likeness (QED) is 0.644. The largest absolute Gasteiger partial charge is 0.367 e. The van der Waals surface area contributed by atoms with Crippen molar-refractivity contribution in [2.24, 2.45) is 0 Å². The van der Waals surface area contributed by atoms with Gasteiger partial charge in [0.1, 0.15) is 5.60 Å². The number of benzene rings is 2. The molecule has 2 aromatic rings. The van der Waals surface area contributed by atoms with Crippen molar-refractivity contribution in [3.63, 3.8) is 0 Å². The summed E-state index contributed by atoms with van der Waals surface area (Å²) in [7, 11) is 0. The second-order valence-electron chi connectivity index (χ2n) is 5.64. The molecule has 1 saturated heterocycles. The topological polar surface area (TPSA) is 55.6 Å². The molecule has 0 aromatic heterocycles. The molecule has 22 heavy (non-hydrogen) atoms. The Morgan fingerprint density at radius 2 is 1.82 bits per heavy atom. The summed E-state index contributed by atoms with van der Waals surface area (Å²) in [6.45, 7) is 4.21. The molecular formula is C17H18N2O3. The van der Waals surface area contributed by atoms with E-state index in [0.29, 0.717) is 6.61 Å². The summed E-state index contributed by atoms with van der Waals surface area (Å²) in [5, 5.41) is 10.7. The van der Waals surface area contributed by atoms with Crippen LogP contribution in [0.2, 0.25) is 0 Å². The van der Waals surface area contributed by atoms with Gasteiger partial charge in [0.05, 0.1) is 18.1 Å². The summed E-state index contributed by atoms with van der Waals surface area (Å²) in [4.78, 5) is 12.6. The van der Waals surface area contributed by atoms with Crippen LogP contribution in [0.3, 0.4) is 0 Å². The van der Waals surface area contributed by atoms with Crippen molar-refractivity contribution >= 4 is 11.4 Å².